The second-order valence-corrected chi connectivity index (χ2v) is 2.29. The number of carbonyl (C=O) groups excluding carboxylic acids is 2. The Morgan fingerprint density at radius 3 is 1.50 bits per heavy atom. The van der Waals surface area contributed by atoms with Crippen molar-refractivity contribution < 1.29 is 9.59 Å². The second kappa shape index (κ2) is 6.26. The van der Waals surface area contributed by atoms with E-state index in [1.165, 1.54) is 0 Å². The lowest BCUT2D eigenvalue weighted by atomic mass is 10.3. The molecule has 0 aliphatic heterocycles. The van der Waals surface area contributed by atoms with Gasteiger partial charge in [0.25, 0.3) is 0 Å². The molecular weight excluding hydrogens is 160 g/mol. The minimum absolute atomic E-state index is 0.524. The van der Waals surface area contributed by atoms with Crippen LogP contribution in [-0.4, -0.2) is 25.2 Å². The van der Waals surface area contributed by atoms with Gasteiger partial charge in [0.05, 0.1) is 0 Å². The summed E-state index contributed by atoms with van der Waals surface area (Å²) in [4.78, 5) is 20.3. The highest BCUT2D eigenvalue weighted by Gasteiger charge is 1.92. The molecule has 0 fully saturated rings. The Kier molecular flexibility index (Phi) is 5.50. The number of rotatable bonds is 5. The molecule has 6 N–H and O–H groups in total. The quantitative estimate of drug-likeness (QED) is 0.405. The maximum Gasteiger partial charge on any atom is 0.312 e. The Labute approximate surface area is 70.7 Å². The molecule has 0 aromatic heterocycles. The maximum absolute atomic E-state index is 10.2. The van der Waals surface area contributed by atoms with Crippen molar-refractivity contribution in [1.29, 1.82) is 0 Å². The molecule has 0 spiro atoms. The van der Waals surface area contributed by atoms with E-state index in [0.717, 1.165) is 12.8 Å². The summed E-state index contributed by atoms with van der Waals surface area (Å²) in [5.41, 5.74) is 9.63. The first-order valence-electron chi connectivity index (χ1n) is 3.69. The van der Waals surface area contributed by atoms with Crippen LogP contribution in [0.25, 0.3) is 0 Å². The summed E-state index contributed by atoms with van der Waals surface area (Å²) in [7, 11) is 0. The third-order valence-corrected chi connectivity index (χ3v) is 1.20. The summed E-state index contributed by atoms with van der Waals surface area (Å²) in [6.07, 6.45) is 1.53. The number of nitrogens with two attached hydrogens (primary N) is 2. The third kappa shape index (κ3) is 8.54. The topological polar surface area (TPSA) is 110 Å². The molecule has 0 aliphatic carbocycles. The van der Waals surface area contributed by atoms with Gasteiger partial charge in [-0.1, -0.05) is 0 Å². The van der Waals surface area contributed by atoms with E-state index < -0.39 is 12.1 Å². The summed E-state index contributed by atoms with van der Waals surface area (Å²) >= 11 is 0. The molecule has 0 unspecified atom stereocenters. The molecule has 12 heavy (non-hydrogen) atoms. The van der Waals surface area contributed by atoms with Crippen molar-refractivity contribution in [2.24, 2.45) is 11.5 Å². The van der Waals surface area contributed by atoms with E-state index in [9.17, 15) is 9.59 Å². The van der Waals surface area contributed by atoms with Gasteiger partial charge in [-0.2, -0.15) is 0 Å². The van der Waals surface area contributed by atoms with Crippen molar-refractivity contribution in [2.75, 3.05) is 13.1 Å². The highest BCUT2D eigenvalue weighted by atomic mass is 16.2. The molecule has 6 heteroatoms. The summed E-state index contributed by atoms with van der Waals surface area (Å²) in [5.74, 6) is 0. The molecule has 0 atom stereocenters. The highest BCUT2D eigenvalue weighted by molar-refractivity contribution is 5.71. The van der Waals surface area contributed by atoms with Crippen LogP contribution in [0, 0.1) is 0 Å². The van der Waals surface area contributed by atoms with Crippen molar-refractivity contribution in [2.45, 2.75) is 12.8 Å². The zero-order chi connectivity index (χ0) is 9.40. The largest absolute Gasteiger partial charge is 0.352 e. The normalized spacial score (nSPS) is 9.00. The number of primary amides is 2. The van der Waals surface area contributed by atoms with Crippen LogP contribution in [0.3, 0.4) is 0 Å². The first kappa shape index (κ1) is 10.5. The molecular formula is C6H14N4O2. The van der Waals surface area contributed by atoms with E-state index in [4.69, 9.17) is 11.5 Å². The van der Waals surface area contributed by atoms with Gasteiger partial charge in [-0.3, -0.25) is 0 Å². The average Bonchev–Trinajstić information content (AvgIpc) is 1.95. The number of nitrogens with one attached hydrogen (secondary N) is 2. The van der Waals surface area contributed by atoms with Gasteiger partial charge in [-0.25, -0.2) is 9.59 Å². The summed E-state index contributed by atoms with van der Waals surface area (Å²) in [6.45, 7) is 1.05. The molecule has 0 rings (SSSR count). The lowest BCUT2D eigenvalue weighted by molar-refractivity contribution is 0.246. The Bertz CT molecular complexity index is 142. The number of urea groups is 2. The van der Waals surface area contributed by atoms with Crippen LogP contribution in [0.15, 0.2) is 0 Å². The second-order valence-electron chi connectivity index (χ2n) is 2.29. The van der Waals surface area contributed by atoms with Crippen molar-refractivity contribution >= 4 is 12.1 Å². The monoisotopic (exact) mass is 174 g/mol. The first-order chi connectivity index (χ1) is 5.63. The molecule has 0 saturated heterocycles. The fourth-order valence-corrected chi connectivity index (χ4v) is 0.673. The predicted octanol–water partition coefficient (Wildman–Crippen LogP) is -0.897. The van der Waals surface area contributed by atoms with E-state index in [1.54, 1.807) is 0 Å². The van der Waals surface area contributed by atoms with Crippen LogP contribution in [0.2, 0.25) is 0 Å². The molecule has 0 bridgehead atoms. The van der Waals surface area contributed by atoms with E-state index in [1.807, 2.05) is 0 Å². The Morgan fingerprint density at radius 2 is 1.25 bits per heavy atom. The van der Waals surface area contributed by atoms with Crippen LogP contribution in [0.1, 0.15) is 12.8 Å². The van der Waals surface area contributed by atoms with Crippen LogP contribution in [-0.2, 0) is 0 Å². The van der Waals surface area contributed by atoms with Crippen LogP contribution < -0.4 is 22.1 Å². The standard InChI is InChI=1S/C6H14N4O2/c7-5(11)9-3-1-2-4-10-6(8)12/h1-4H2,(H3,7,9,11)(H3,8,10,12). The SMILES string of the molecule is NC(=O)NCCCCNC(N)=O. The van der Waals surface area contributed by atoms with Gasteiger partial charge in [-0.05, 0) is 12.8 Å². The minimum atomic E-state index is -0.530. The molecule has 0 aliphatic rings. The lowest BCUT2D eigenvalue weighted by Gasteiger charge is -2.01. The zero-order valence-electron chi connectivity index (χ0n) is 6.80. The smallest absolute Gasteiger partial charge is 0.312 e. The van der Waals surface area contributed by atoms with Gasteiger partial charge < -0.3 is 22.1 Å². The summed E-state index contributed by atoms with van der Waals surface area (Å²) in [6, 6.07) is -1.06. The Hall–Kier alpha value is -1.46. The Balaban J connectivity index is 3.01. The van der Waals surface area contributed by atoms with Gasteiger partial charge in [-0.15, -0.1) is 0 Å². The summed E-state index contributed by atoms with van der Waals surface area (Å²) in [5, 5.41) is 4.86. The highest BCUT2D eigenvalue weighted by Crippen LogP contribution is 1.83. The lowest BCUT2D eigenvalue weighted by Crippen LogP contribution is -2.32. The van der Waals surface area contributed by atoms with Gasteiger partial charge >= 0.3 is 12.1 Å². The van der Waals surface area contributed by atoms with Gasteiger partial charge in [0, 0.05) is 13.1 Å². The van der Waals surface area contributed by atoms with Crippen molar-refractivity contribution in [1.82, 2.24) is 10.6 Å². The molecule has 6 nitrogen and oxygen atoms in total. The Morgan fingerprint density at radius 1 is 0.917 bits per heavy atom. The van der Waals surface area contributed by atoms with Crippen LogP contribution in [0.5, 0.6) is 0 Å². The number of hydrogen-bond donors (Lipinski definition) is 4. The molecule has 4 amide bonds. The molecule has 0 heterocycles. The average molecular weight is 174 g/mol. The fourth-order valence-electron chi connectivity index (χ4n) is 0.673. The van der Waals surface area contributed by atoms with E-state index in [2.05, 4.69) is 10.6 Å². The maximum atomic E-state index is 10.2. The summed E-state index contributed by atoms with van der Waals surface area (Å²) < 4.78 is 0. The van der Waals surface area contributed by atoms with Gasteiger partial charge in [0.2, 0.25) is 0 Å². The predicted molar refractivity (Wildman–Crippen MR) is 44.4 cm³/mol. The van der Waals surface area contributed by atoms with Crippen LogP contribution >= 0.6 is 0 Å². The van der Waals surface area contributed by atoms with Gasteiger partial charge in [0.15, 0.2) is 0 Å². The van der Waals surface area contributed by atoms with Crippen molar-refractivity contribution in [3.63, 3.8) is 0 Å². The third-order valence-electron chi connectivity index (χ3n) is 1.20. The van der Waals surface area contributed by atoms with E-state index >= 15 is 0 Å². The zero-order valence-corrected chi connectivity index (χ0v) is 6.80. The molecule has 0 aromatic rings. The first-order valence-corrected chi connectivity index (χ1v) is 3.69. The molecule has 0 saturated carbocycles. The number of amides is 4. The number of hydrogen-bond acceptors (Lipinski definition) is 2. The molecule has 0 aromatic carbocycles. The van der Waals surface area contributed by atoms with Crippen molar-refractivity contribution in [3.05, 3.63) is 0 Å². The molecule has 70 valence electrons. The minimum Gasteiger partial charge on any atom is -0.352 e. The molecule has 0 radical (unpaired) electrons. The van der Waals surface area contributed by atoms with Gasteiger partial charge in [0.1, 0.15) is 0 Å². The number of carbonyl (C=O) groups is 2. The van der Waals surface area contributed by atoms with Crippen molar-refractivity contribution in [3.8, 4) is 0 Å². The van der Waals surface area contributed by atoms with Crippen LogP contribution in [0.4, 0.5) is 9.59 Å². The van der Waals surface area contributed by atoms with E-state index in [-0.39, 0.29) is 0 Å². The van der Waals surface area contributed by atoms with E-state index in [0.29, 0.717) is 13.1 Å². The number of unbranched alkanes of at least 4 members (excludes halogenated alkanes) is 1. The fraction of sp³-hybridized carbons (Fsp3) is 0.667.